The number of nitrogens with zero attached hydrogens (tertiary/aromatic N) is 2. The van der Waals surface area contributed by atoms with E-state index in [0.717, 1.165) is 5.56 Å². The fraction of sp³-hybridized carbons (Fsp3) is 0.0588. The molecule has 3 aromatic rings. The molecule has 0 aliphatic heterocycles. The van der Waals surface area contributed by atoms with E-state index in [2.05, 4.69) is 10.5 Å². The number of carbonyl (C=O) groups excluding carboxylic acids is 1. The van der Waals surface area contributed by atoms with E-state index in [1.54, 1.807) is 30.3 Å². The van der Waals surface area contributed by atoms with Gasteiger partial charge in [-0.2, -0.15) is 0 Å². The topological polar surface area (TPSA) is 98.3 Å². The molecule has 8 heteroatoms. The zero-order valence-corrected chi connectivity index (χ0v) is 13.6. The molecule has 1 N–H and O–H groups in total. The predicted molar refractivity (Wildman–Crippen MR) is 92.9 cm³/mol. The van der Waals surface area contributed by atoms with Crippen LogP contribution in [0.15, 0.2) is 59.1 Å². The zero-order chi connectivity index (χ0) is 17.8. The molecule has 0 saturated carbocycles. The summed E-state index contributed by atoms with van der Waals surface area (Å²) in [5.41, 5.74) is 1.54. The van der Waals surface area contributed by atoms with Gasteiger partial charge in [-0.05, 0) is 12.1 Å². The number of carbonyl (C=O) groups is 1. The molecule has 0 aliphatic carbocycles. The van der Waals surface area contributed by atoms with Crippen LogP contribution in [0.3, 0.4) is 0 Å². The van der Waals surface area contributed by atoms with E-state index in [-0.39, 0.29) is 23.6 Å². The van der Waals surface area contributed by atoms with E-state index >= 15 is 0 Å². The number of anilines is 1. The van der Waals surface area contributed by atoms with Gasteiger partial charge in [0.2, 0.25) is 5.88 Å². The third kappa shape index (κ3) is 4.02. The van der Waals surface area contributed by atoms with Crippen molar-refractivity contribution in [3.05, 3.63) is 75.3 Å². The van der Waals surface area contributed by atoms with Crippen molar-refractivity contribution < 1.29 is 14.2 Å². The summed E-state index contributed by atoms with van der Waals surface area (Å²) in [6.45, 7) is -0.0730. The van der Waals surface area contributed by atoms with Gasteiger partial charge in [-0.1, -0.05) is 41.0 Å². The van der Waals surface area contributed by atoms with E-state index in [1.165, 1.54) is 24.3 Å². The van der Waals surface area contributed by atoms with E-state index in [4.69, 9.17) is 16.1 Å². The number of hydrogen-bond donors (Lipinski definition) is 1. The summed E-state index contributed by atoms with van der Waals surface area (Å²) in [7, 11) is 0. The summed E-state index contributed by atoms with van der Waals surface area (Å²) in [6, 6.07) is 14.3. The van der Waals surface area contributed by atoms with Crippen molar-refractivity contribution in [1.29, 1.82) is 0 Å². The number of rotatable bonds is 6. The van der Waals surface area contributed by atoms with E-state index in [9.17, 15) is 14.9 Å². The lowest BCUT2D eigenvalue weighted by atomic mass is 10.1. The fourth-order valence-corrected chi connectivity index (χ4v) is 2.30. The maximum atomic E-state index is 12.1. The molecule has 3 rings (SSSR count). The number of Topliss-reactive ketones (excluding diaryl/α,β-unsaturated/α-hetero) is 1. The number of ketones is 1. The molecule has 0 spiro atoms. The second-order valence-corrected chi connectivity index (χ2v) is 5.60. The lowest BCUT2D eigenvalue weighted by Gasteiger charge is -2.01. The molecule has 0 fully saturated rings. The van der Waals surface area contributed by atoms with Crippen LogP contribution in [-0.4, -0.2) is 22.4 Å². The average molecular weight is 358 g/mol. The SMILES string of the molecule is O=C(CNc1cc(-c2ccc(Cl)cc2)no1)c1cccc([N+](=O)[O-])c1. The number of hydrogen-bond acceptors (Lipinski definition) is 6. The Morgan fingerprint density at radius 3 is 2.68 bits per heavy atom. The number of nitrogens with one attached hydrogen (secondary N) is 1. The predicted octanol–water partition coefficient (Wildman–Crippen LogP) is 4.20. The minimum Gasteiger partial charge on any atom is -0.347 e. The molecule has 1 heterocycles. The fourth-order valence-electron chi connectivity index (χ4n) is 2.18. The third-order valence-electron chi connectivity index (χ3n) is 3.45. The summed E-state index contributed by atoms with van der Waals surface area (Å²) in [6.07, 6.45) is 0. The van der Waals surface area contributed by atoms with Crippen LogP contribution in [0, 0.1) is 10.1 Å². The van der Waals surface area contributed by atoms with Gasteiger partial charge >= 0.3 is 0 Å². The van der Waals surface area contributed by atoms with Crippen LogP contribution in [0.2, 0.25) is 5.02 Å². The van der Waals surface area contributed by atoms with E-state index in [1.807, 2.05) is 0 Å². The van der Waals surface area contributed by atoms with Gasteiger partial charge in [-0.15, -0.1) is 0 Å². The Labute approximate surface area is 147 Å². The Balaban J connectivity index is 1.66. The van der Waals surface area contributed by atoms with Crippen molar-refractivity contribution in [3.63, 3.8) is 0 Å². The first-order valence-electron chi connectivity index (χ1n) is 7.27. The van der Waals surface area contributed by atoms with Gasteiger partial charge in [0.05, 0.1) is 11.5 Å². The molecule has 7 nitrogen and oxygen atoms in total. The normalized spacial score (nSPS) is 10.4. The molecule has 2 aromatic carbocycles. The van der Waals surface area contributed by atoms with Gasteiger partial charge < -0.3 is 9.84 Å². The molecule has 25 heavy (non-hydrogen) atoms. The smallest absolute Gasteiger partial charge is 0.270 e. The van der Waals surface area contributed by atoms with Crippen LogP contribution in [0.4, 0.5) is 11.6 Å². The second kappa shape index (κ2) is 7.14. The highest BCUT2D eigenvalue weighted by molar-refractivity contribution is 6.30. The van der Waals surface area contributed by atoms with Crippen molar-refractivity contribution in [2.24, 2.45) is 0 Å². The molecular weight excluding hydrogens is 346 g/mol. The van der Waals surface area contributed by atoms with Gasteiger partial charge in [-0.25, -0.2) is 0 Å². The molecule has 0 bridgehead atoms. The average Bonchev–Trinajstić information content (AvgIpc) is 3.09. The lowest BCUT2D eigenvalue weighted by Crippen LogP contribution is -2.13. The standard InChI is InChI=1S/C17H12ClN3O4/c18-13-6-4-11(5-7-13)15-9-17(25-20-15)19-10-16(22)12-2-1-3-14(8-12)21(23)24/h1-9,19H,10H2. The number of nitro groups is 1. The molecule has 1 aromatic heterocycles. The van der Waals surface area contributed by atoms with Crippen molar-refractivity contribution in [3.8, 4) is 11.3 Å². The van der Waals surface area contributed by atoms with Crippen molar-refractivity contribution in [2.45, 2.75) is 0 Å². The monoisotopic (exact) mass is 357 g/mol. The molecular formula is C17H12ClN3O4. The summed E-state index contributed by atoms with van der Waals surface area (Å²) >= 11 is 5.84. The molecule has 0 unspecified atom stereocenters. The van der Waals surface area contributed by atoms with Gasteiger partial charge in [0, 0.05) is 34.3 Å². The Hall–Kier alpha value is -3.19. The van der Waals surface area contributed by atoms with Crippen molar-refractivity contribution >= 4 is 29.0 Å². The highest BCUT2D eigenvalue weighted by atomic mass is 35.5. The maximum Gasteiger partial charge on any atom is 0.270 e. The van der Waals surface area contributed by atoms with Crippen molar-refractivity contribution in [1.82, 2.24) is 5.16 Å². The van der Waals surface area contributed by atoms with Crippen LogP contribution >= 0.6 is 11.6 Å². The Bertz CT molecular complexity index is 922. The minimum absolute atomic E-state index is 0.0730. The lowest BCUT2D eigenvalue weighted by molar-refractivity contribution is -0.384. The molecule has 0 radical (unpaired) electrons. The molecule has 126 valence electrons. The van der Waals surface area contributed by atoms with Crippen LogP contribution in [0.1, 0.15) is 10.4 Å². The van der Waals surface area contributed by atoms with E-state index in [0.29, 0.717) is 16.6 Å². The van der Waals surface area contributed by atoms with Crippen LogP contribution in [0.5, 0.6) is 0 Å². The third-order valence-corrected chi connectivity index (χ3v) is 3.70. The Morgan fingerprint density at radius 1 is 1.20 bits per heavy atom. The number of halogens is 1. The molecule has 0 amide bonds. The highest BCUT2D eigenvalue weighted by Gasteiger charge is 2.13. The quantitative estimate of drug-likeness (QED) is 0.403. The van der Waals surface area contributed by atoms with Gasteiger partial charge in [-0.3, -0.25) is 14.9 Å². The van der Waals surface area contributed by atoms with Crippen LogP contribution < -0.4 is 5.32 Å². The first-order valence-corrected chi connectivity index (χ1v) is 7.65. The van der Waals surface area contributed by atoms with Crippen molar-refractivity contribution in [2.75, 3.05) is 11.9 Å². The first kappa shape index (κ1) is 16.7. The summed E-state index contributed by atoms with van der Waals surface area (Å²) in [5, 5.41) is 18.1. The zero-order valence-electron chi connectivity index (χ0n) is 12.8. The van der Waals surface area contributed by atoms with Gasteiger partial charge in [0.25, 0.3) is 5.69 Å². The largest absolute Gasteiger partial charge is 0.347 e. The Kier molecular flexibility index (Phi) is 4.76. The summed E-state index contributed by atoms with van der Waals surface area (Å²) in [5.74, 6) is 0.0249. The first-order chi connectivity index (χ1) is 12.0. The molecule has 0 saturated heterocycles. The maximum absolute atomic E-state index is 12.1. The van der Waals surface area contributed by atoms with Gasteiger partial charge in [0.15, 0.2) is 5.78 Å². The van der Waals surface area contributed by atoms with E-state index < -0.39 is 4.92 Å². The molecule has 0 aliphatic rings. The minimum atomic E-state index is -0.543. The summed E-state index contributed by atoms with van der Waals surface area (Å²) in [4.78, 5) is 22.4. The second-order valence-electron chi connectivity index (χ2n) is 5.17. The highest BCUT2D eigenvalue weighted by Crippen LogP contribution is 2.23. The number of aromatic nitrogens is 1. The van der Waals surface area contributed by atoms with Gasteiger partial charge in [0.1, 0.15) is 5.69 Å². The van der Waals surface area contributed by atoms with Crippen LogP contribution in [0.25, 0.3) is 11.3 Å². The molecule has 0 atom stereocenters. The number of nitro benzene ring substituents is 1. The Morgan fingerprint density at radius 2 is 1.96 bits per heavy atom. The number of benzene rings is 2. The summed E-state index contributed by atoms with van der Waals surface area (Å²) < 4.78 is 5.14. The van der Waals surface area contributed by atoms with Crippen LogP contribution in [-0.2, 0) is 0 Å². The number of non-ortho nitro benzene ring substituents is 1.